The third kappa shape index (κ3) is 3.90. The van der Waals surface area contributed by atoms with Crippen LogP contribution in [0.3, 0.4) is 0 Å². The zero-order valence-corrected chi connectivity index (χ0v) is 9.42. The van der Waals surface area contributed by atoms with Gasteiger partial charge >= 0.3 is 0 Å². The summed E-state index contributed by atoms with van der Waals surface area (Å²) in [7, 11) is 0. The maximum Gasteiger partial charge on any atom is 0.213 e. The highest BCUT2D eigenvalue weighted by Crippen LogP contribution is 2.19. The molecule has 0 aliphatic rings. The Morgan fingerprint density at radius 1 is 1.67 bits per heavy atom. The van der Waals surface area contributed by atoms with Gasteiger partial charge < -0.3 is 9.84 Å². The molecule has 4 heteroatoms. The van der Waals surface area contributed by atoms with Crippen molar-refractivity contribution in [2.75, 3.05) is 6.61 Å². The molecule has 0 fully saturated rings. The van der Waals surface area contributed by atoms with E-state index in [0.717, 1.165) is 12.0 Å². The van der Waals surface area contributed by atoms with E-state index in [0.29, 0.717) is 23.1 Å². The zero-order valence-electron chi connectivity index (χ0n) is 8.66. The van der Waals surface area contributed by atoms with Crippen molar-refractivity contribution >= 4 is 11.6 Å². The number of hydrogen-bond donors (Lipinski definition) is 1. The van der Waals surface area contributed by atoms with E-state index in [1.165, 1.54) is 6.20 Å². The summed E-state index contributed by atoms with van der Waals surface area (Å²) in [5.74, 6) is 0.477. The van der Waals surface area contributed by atoms with E-state index in [2.05, 4.69) is 11.6 Å². The molecule has 1 aromatic rings. The van der Waals surface area contributed by atoms with Crippen LogP contribution in [0, 0.1) is 0 Å². The van der Waals surface area contributed by atoms with E-state index in [9.17, 15) is 0 Å². The van der Waals surface area contributed by atoms with Crippen LogP contribution in [0.1, 0.15) is 18.9 Å². The standard InChI is InChI=1S/C11H14ClNO2/c1-8(2)3-4-15-11-5-9(7-14)10(12)6-13-11/h5-6,14H,1,3-4,7H2,2H3. The topological polar surface area (TPSA) is 42.4 Å². The smallest absolute Gasteiger partial charge is 0.213 e. The fourth-order valence-corrected chi connectivity index (χ4v) is 1.15. The predicted molar refractivity (Wildman–Crippen MR) is 60.1 cm³/mol. The van der Waals surface area contributed by atoms with Crippen molar-refractivity contribution in [3.05, 3.63) is 35.0 Å². The monoisotopic (exact) mass is 227 g/mol. The van der Waals surface area contributed by atoms with Crippen LogP contribution in [0.4, 0.5) is 0 Å². The van der Waals surface area contributed by atoms with Crippen LogP contribution < -0.4 is 4.74 Å². The molecule has 0 spiro atoms. The van der Waals surface area contributed by atoms with Crippen LogP contribution >= 0.6 is 11.6 Å². The number of aliphatic hydroxyl groups excluding tert-OH is 1. The van der Waals surface area contributed by atoms with Gasteiger partial charge in [-0.1, -0.05) is 17.2 Å². The molecule has 0 unspecified atom stereocenters. The molecule has 82 valence electrons. The first-order chi connectivity index (χ1) is 7.13. The molecule has 0 atom stereocenters. The van der Waals surface area contributed by atoms with Crippen molar-refractivity contribution in [3.8, 4) is 5.88 Å². The second-order valence-electron chi connectivity index (χ2n) is 3.33. The number of aliphatic hydroxyl groups is 1. The Balaban J connectivity index is 2.58. The molecule has 0 amide bonds. The van der Waals surface area contributed by atoms with Crippen LogP contribution in [-0.4, -0.2) is 16.7 Å². The molecular formula is C11H14ClNO2. The van der Waals surface area contributed by atoms with Gasteiger partial charge in [0.25, 0.3) is 0 Å². The summed E-state index contributed by atoms with van der Waals surface area (Å²) >= 11 is 5.79. The first-order valence-electron chi connectivity index (χ1n) is 4.66. The summed E-state index contributed by atoms with van der Waals surface area (Å²) in [5.41, 5.74) is 1.68. The molecular weight excluding hydrogens is 214 g/mol. The second-order valence-corrected chi connectivity index (χ2v) is 3.73. The van der Waals surface area contributed by atoms with Gasteiger partial charge in [0.05, 0.1) is 18.2 Å². The number of nitrogens with zero attached hydrogens (tertiary/aromatic N) is 1. The summed E-state index contributed by atoms with van der Waals surface area (Å²) in [6.07, 6.45) is 2.27. The van der Waals surface area contributed by atoms with Gasteiger partial charge in [0, 0.05) is 24.2 Å². The van der Waals surface area contributed by atoms with Crippen LogP contribution in [0.5, 0.6) is 5.88 Å². The van der Waals surface area contributed by atoms with Gasteiger partial charge in [0.15, 0.2) is 0 Å². The maximum absolute atomic E-state index is 8.97. The fourth-order valence-electron chi connectivity index (χ4n) is 0.988. The highest BCUT2D eigenvalue weighted by molar-refractivity contribution is 6.31. The quantitative estimate of drug-likeness (QED) is 0.787. The Hall–Kier alpha value is -1.06. The second kappa shape index (κ2) is 5.73. The molecule has 0 aliphatic heterocycles. The Bertz CT molecular complexity index is 352. The van der Waals surface area contributed by atoms with Gasteiger partial charge in [-0.05, 0) is 6.92 Å². The number of rotatable bonds is 5. The molecule has 15 heavy (non-hydrogen) atoms. The summed E-state index contributed by atoms with van der Waals surface area (Å²) in [4.78, 5) is 3.99. The van der Waals surface area contributed by atoms with Crippen molar-refractivity contribution in [1.29, 1.82) is 0 Å². The Labute approximate surface area is 94.4 Å². The maximum atomic E-state index is 8.97. The molecule has 0 aliphatic carbocycles. The zero-order chi connectivity index (χ0) is 11.3. The van der Waals surface area contributed by atoms with Crippen molar-refractivity contribution in [1.82, 2.24) is 4.98 Å². The minimum absolute atomic E-state index is 0.113. The normalized spacial score (nSPS) is 10.1. The first kappa shape index (κ1) is 12.0. The molecule has 0 saturated heterocycles. The van der Waals surface area contributed by atoms with Gasteiger partial charge in [-0.3, -0.25) is 0 Å². The number of halogens is 1. The van der Waals surface area contributed by atoms with E-state index in [-0.39, 0.29) is 6.61 Å². The van der Waals surface area contributed by atoms with Crippen LogP contribution in [0.25, 0.3) is 0 Å². The number of pyridine rings is 1. The van der Waals surface area contributed by atoms with Crippen LogP contribution in [0.15, 0.2) is 24.4 Å². The van der Waals surface area contributed by atoms with Crippen LogP contribution in [0.2, 0.25) is 5.02 Å². The number of ether oxygens (including phenoxy) is 1. The molecule has 3 nitrogen and oxygen atoms in total. The van der Waals surface area contributed by atoms with E-state index in [1.54, 1.807) is 6.07 Å². The largest absolute Gasteiger partial charge is 0.477 e. The van der Waals surface area contributed by atoms with E-state index < -0.39 is 0 Å². The molecule has 1 N–H and O–H groups in total. The van der Waals surface area contributed by atoms with Gasteiger partial charge in [-0.25, -0.2) is 4.98 Å². The molecule has 1 rings (SSSR count). The summed E-state index contributed by atoms with van der Waals surface area (Å²) in [6.45, 7) is 6.14. The molecule has 0 radical (unpaired) electrons. The molecule has 1 aromatic heterocycles. The molecule has 0 aromatic carbocycles. The van der Waals surface area contributed by atoms with Crippen molar-refractivity contribution in [2.24, 2.45) is 0 Å². The van der Waals surface area contributed by atoms with E-state index in [4.69, 9.17) is 21.4 Å². The predicted octanol–water partition coefficient (Wildman–Crippen LogP) is 2.57. The molecule has 0 saturated carbocycles. The van der Waals surface area contributed by atoms with Gasteiger partial charge in [-0.2, -0.15) is 0 Å². The average Bonchev–Trinajstić information content (AvgIpc) is 2.20. The molecule has 0 bridgehead atoms. The van der Waals surface area contributed by atoms with E-state index in [1.807, 2.05) is 6.92 Å². The number of hydrogen-bond acceptors (Lipinski definition) is 3. The lowest BCUT2D eigenvalue weighted by atomic mass is 10.2. The fraction of sp³-hybridized carbons (Fsp3) is 0.364. The van der Waals surface area contributed by atoms with E-state index >= 15 is 0 Å². The lowest BCUT2D eigenvalue weighted by Gasteiger charge is -2.06. The minimum Gasteiger partial charge on any atom is -0.477 e. The van der Waals surface area contributed by atoms with Crippen molar-refractivity contribution < 1.29 is 9.84 Å². The highest BCUT2D eigenvalue weighted by Gasteiger charge is 2.02. The lowest BCUT2D eigenvalue weighted by Crippen LogP contribution is -2.00. The average molecular weight is 228 g/mol. The summed E-state index contributed by atoms with van der Waals surface area (Å²) < 4.78 is 5.37. The third-order valence-electron chi connectivity index (χ3n) is 1.86. The van der Waals surface area contributed by atoms with Crippen molar-refractivity contribution in [2.45, 2.75) is 20.0 Å². The highest BCUT2D eigenvalue weighted by atomic mass is 35.5. The van der Waals surface area contributed by atoms with Gasteiger partial charge in [-0.15, -0.1) is 6.58 Å². The first-order valence-corrected chi connectivity index (χ1v) is 5.03. The summed E-state index contributed by atoms with van der Waals surface area (Å²) in [6, 6.07) is 1.64. The van der Waals surface area contributed by atoms with Crippen LogP contribution in [-0.2, 0) is 6.61 Å². The minimum atomic E-state index is -0.113. The molecule has 1 heterocycles. The Morgan fingerprint density at radius 3 is 3.00 bits per heavy atom. The van der Waals surface area contributed by atoms with Gasteiger partial charge in [0.1, 0.15) is 0 Å². The summed E-state index contributed by atoms with van der Waals surface area (Å²) in [5, 5.41) is 9.42. The SMILES string of the molecule is C=C(C)CCOc1cc(CO)c(Cl)cn1. The number of aromatic nitrogens is 1. The Kier molecular flexibility index (Phi) is 4.59. The Morgan fingerprint density at radius 2 is 2.40 bits per heavy atom. The van der Waals surface area contributed by atoms with Gasteiger partial charge in [0.2, 0.25) is 5.88 Å². The van der Waals surface area contributed by atoms with Crippen molar-refractivity contribution in [3.63, 3.8) is 0 Å². The lowest BCUT2D eigenvalue weighted by molar-refractivity contribution is 0.277. The third-order valence-corrected chi connectivity index (χ3v) is 2.20.